The third kappa shape index (κ3) is 2.62. The lowest BCUT2D eigenvalue weighted by atomic mass is 10.2. The molecule has 0 heterocycles. The Bertz CT molecular complexity index is 218. The van der Waals surface area contributed by atoms with Gasteiger partial charge in [0.05, 0.1) is 6.61 Å². The van der Waals surface area contributed by atoms with E-state index < -0.39 is 0 Å². The van der Waals surface area contributed by atoms with Crippen molar-refractivity contribution >= 4 is 0 Å². The number of aryl methyl sites for hydroxylation is 1. The van der Waals surface area contributed by atoms with Gasteiger partial charge >= 0.3 is 0 Å². The summed E-state index contributed by atoms with van der Waals surface area (Å²) >= 11 is 0. The molecule has 1 heteroatoms. The molecular formula is C10H13O. The standard InChI is InChI=1S/C10H13O/c1-3-7-11-10-6-4-5-9(2)8-10/h3-6,8H,7H2,1-2H3. The molecule has 0 aliphatic rings. The fourth-order valence-corrected chi connectivity index (χ4v) is 0.885. The van der Waals surface area contributed by atoms with Crippen LogP contribution in [0.3, 0.4) is 0 Å². The summed E-state index contributed by atoms with van der Waals surface area (Å²) in [6.45, 7) is 4.72. The van der Waals surface area contributed by atoms with Crippen LogP contribution >= 0.6 is 0 Å². The monoisotopic (exact) mass is 149 g/mol. The van der Waals surface area contributed by atoms with E-state index in [1.54, 1.807) is 0 Å². The van der Waals surface area contributed by atoms with Gasteiger partial charge in [-0.05, 0) is 31.0 Å². The number of ether oxygens (including phenoxy) is 1. The largest absolute Gasteiger partial charge is 0.493 e. The van der Waals surface area contributed by atoms with E-state index in [-0.39, 0.29) is 0 Å². The van der Waals surface area contributed by atoms with Gasteiger partial charge < -0.3 is 4.74 Å². The van der Waals surface area contributed by atoms with Crippen LogP contribution in [0.4, 0.5) is 0 Å². The van der Waals surface area contributed by atoms with Crippen LogP contribution in [0, 0.1) is 13.3 Å². The summed E-state index contributed by atoms with van der Waals surface area (Å²) in [5.41, 5.74) is 1.23. The van der Waals surface area contributed by atoms with Crippen molar-refractivity contribution in [1.82, 2.24) is 0 Å². The fraction of sp³-hybridized carbons (Fsp3) is 0.300. The maximum atomic E-state index is 5.38. The Morgan fingerprint density at radius 3 is 2.91 bits per heavy atom. The van der Waals surface area contributed by atoms with Gasteiger partial charge in [-0.2, -0.15) is 0 Å². The zero-order valence-corrected chi connectivity index (χ0v) is 7.00. The SMILES string of the molecule is C[CH]COc1cccc(C)c1. The second-order valence-electron chi connectivity index (χ2n) is 2.54. The van der Waals surface area contributed by atoms with Crippen molar-refractivity contribution in [1.29, 1.82) is 0 Å². The minimum absolute atomic E-state index is 0.684. The minimum Gasteiger partial charge on any atom is -0.493 e. The zero-order chi connectivity index (χ0) is 8.10. The average molecular weight is 149 g/mol. The molecule has 1 nitrogen and oxygen atoms in total. The van der Waals surface area contributed by atoms with Gasteiger partial charge in [0, 0.05) is 0 Å². The summed E-state index contributed by atoms with van der Waals surface area (Å²) < 4.78 is 5.38. The third-order valence-electron chi connectivity index (χ3n) is 1.41. The smallest absolute Gasteiger partial charge is 0.119 e. The molecule has 59 valence electrons. The van der Waals surface area contributed by atoms with Crippen molar-refractivity contribution in [2.75, 3.05) is 6.61 Å². The molecule has 0 N–H and O–H groups in total. The molecule has 0 bridgehead atoms. The first kappa shape index (κ1) is 8.12. The lowest BCUT2D eigenvalue weighted by Gasteiger charge is -2.03. The van der Waals surface area contributed by atoms with Crippen LogP contribution in [0.1, 0.15) is 12.5 Å². The highest BCUT2D eigenvalue weighted by molar-refractivity contribution is 5.27. The summed E-state index contributed by atoms with van der Waals surface area (Å²) in [5.74, 6) is 0.947. The molecule has 0 spiro atoms. The second-order valence-corrected chi connectivity index (χ2v) is 2.54. The van der Waals surface area contributed by atoms with Crippen molar-refractivity contribution in [2.24, 2.45) is 0 Å². The lowest BCUT2D eigenvalue weighted by molar-refractivity contribution is 0.349. The number of hydrogen-bond donors (Lipinski definition) is 0. The molecular weight excluding hydrogens is 136 g/mol. The molecule has 1 aromatic rings. The van der Waals surface area contributed by atoms with Crippen molar-refractivity contribution in [3.05, 3.63) is 36.2 Å². The summed E-state index contributed by atoms with van der Waals surface area (Å²) in [5, 5.41) is 0. The summed E-state index contributed by atoms with van der Waals surface area (Å²) in [7, 11) is 0. The van der Waals surface area contributed by atoms with Crippen LogP contribution in [0.15, 0.2) is 24.3 Å². The number of benzene rings is 1. The first-order chi connectivity index (χ1) is 5.33. The van der Waals surface area contributed by atoms with Crippen LogP contribution in [0.2, 0.25) is 0 Å². The predicted octanol–water partition coefficient (Wildman–Crippen LogP) is 2.60. The number of rotatable bonds is 3. The highest BCUT2D eigenvalue weighted by atomic mass is 16.5. The zero-order valence-electron chi connectivity index (χ0n) is 7.00. The molecule has 0 aromatic heterocycles. The quantitative estimate of drug-likeness (QED) is 0.641. The van der Waals surface area contributed by atoms with E-state index in [2.05, 4.69) is 13.0 Å². The van der Waals surface area contributed by atoms with E-state index in [0.717, 1.165) is 5.75 Å². The van der Waals surface area contributed by atoms with Gasteiger partial charge in [-0.3, -0.25) is 0 Å². The van der Waals surface area contributed by atoms with Crippen LogP contribution in [-0.2, 0) is 0 Å². The van der Waals surface area contributed by atoms with Crippen molar-refractivity contribution in [3.63, 3.8) is 0 Å². The van der Waals surface area contributed by atoms with Crippen LogP contribution in [0.25, 0.3) is 0 Å². The Kier molecular flexibility index (Phi) is 2.96. The third-order valence-corrected chi connectivity index (χ3v) is 1.41. The van der Waals surface area contributed by atoms with Gasteiger partial charge in [0.15, 0.2) is 0 Å². The van der Waals surface area contributed by atoms with Gasteiger partial charge in [-0.15, -0.1) is 0 Å². The van der Waals surface area contributed by atoms with E-state index in [1.807, 2.05) is 31.5 Å². The van der Waals surface area contributed by atoms with Crippen molar-refractivity contribution in [2.45, 2.75) is 13.8 Å². The molecule has 0 unspecified atom stereocenters. The van der Waals surface area contributed by atoms with E-state index in [1.165, 1.54) is 5.56 Å². The topological polar surface area (TPSA) is 9.23 Å². The highest BCUT2D eigenvalue weighted by Gasteiger charge is 1.90. The number of hydrogen-bond acceptors (Lipinski definition) is 1. The maximum Gasteiger partial charge on any atom is 0.119 e. The molecule has 11 heavy (non-hydrogen) atoms. The highest BCUT2D eigenvalue weighted by Crippen LogP contribution is 2.11. The van der Waals surface area contributed by atoms with Gasteiger partial charge in [0.1, 0.15) is 5.75 Å². The first-order valence-corrected chi connectivity index (χ1v) is 3.80. The van der Waals surface area contributed by atoms with Gasteiger partial charge in [0.2, 0.25) is 0 Å². The molecule has 0 saturated heterocycles. The van der Waals surface area contributed by atoms with Crippen LogP contribution < -0.4 is 4.74 Å². The molecule has 0 fully saturated rings. The average Bonchev–Trinajstić information content (AvgIpc) is 2.01. The maximum absolute atomic E-state index is 5.38. The lowest BCUT2D eigenvalue weighted by Crippen LogP contribution is -1.95. The Morgan fingerprint density at radius 1 is 1.45 bits per heavy atom. The molecule has 1 radical (unpaired) electrons. The molecule has 0 aliphatic carbocycles. The van der Waals surface area contributed by atoms with Crippen molar-refractivity contribution < 1.29 is 4.74 Å². The van der Waals surface area contributed by atoms with Crippen molar-refractivity contribution in [3.8, 4) is 5.75 Å². The van der Waals surface area contributed by atoms with Gasteiger partial charge in [-0.1, -0.05) is 19.1 Å². The first-order valence-electron chi connectivity index (χ1n) is 3.80. The van der Waals surface area contributed by atoms with Gasteiger partial charge in [-0.25, -0.2) is 0 Å². The Hall–Kier alpha value is -0.980. The molecule has 0 saturated carbocycles. The molecule has 0 aliphatic heterocycles. The summed E-state index contributed by atoms with van der Waals surface area (Å²) in [6.07, 6.45) is 1.99. The molecule has 1 aromatic carbocycles. The van der Waals surface area contributed by atoms with E-state index >= 15 is 0 Å². The summed E-state index contributed by atoms with van der Waals surface area (Å²) in [6, 6.07) is 8.06. The molecule has 0 atom stereocenters. The second kappa shape index (κ2) is 4.02. The Labute approximate surface area is 68.0 Å². The molecule has 1 rings (SSSR count). The predicted molar refractivity (Wildman–Crippen MR) is 46.6 cm³/mol. The molecule has 0 amide bonds. The summed E-state index contributed by atoms with van der Waals surface area (Å²) in [4.78, 5) is 0. The fourth-order valence-electron chi connectivity index (χ4n) is 0.885. The van der Waals surface area contributed by atoms with Crippen LogP contribution in [0.5, 0.6) is 5.75 Å². The van der Waals surface area contributed by atoms with E-state index in [9.17, 15) is 0 Å². The minimum atomic E-state index is 0.684. The Balaban J connectivity index is 2.56. The normalized spacial score (nSPS) is 9.64. The van der Waals surface area contributed by atoms with E-state index in [4.69, 9.17) is 4.74 Å². The Morgan fingerprint density at radius 2 is 2.27 bits per heavy atom. The van der Waals surface area contributed by atoms with E-state index in [0.29, 0.717) is 6.61 Å². The van der Waals surface area contributed by atoms with Crippen LogP contribution in [-0.4, -0.2) is 6.61 Å². The van der Waals surface area contributed by atoms with Gasteiger partial charge in [0.25, 0.3) is 0 Å².